The van der Waals surface area contributed by atoms with Gasteiger partial charge in [0.1, 0.15) is 0 Å². The van der Waals surface area contributed by atoms with Crippen molar-refractivity contribution >= 4 is 28.9 Å². The van der Waals surface area contributed by atoms with E-state index in [1.165, 1.54) is 23.5 Å². The average molecular weight is 444 g/mol. The maximum absolute atomic E-state index is 8.63. The zero-order valence-corrected chi connectivity index (χ0v) is 19.2. The number of benzene rings is 2. The Hall–Kier alpha value is -2.96. The van der Waals surface area contributed by atoms with Gasteiger partial charge in [-0.25, -0.2) is 0 Å². The van der Waals surface area contributed by atoms with Gasteiger partial charge in [0.15, 0.2) is 0 Å². The van der Waals surface area contributed by atoms with Crippen molar-refractivity contribution in [3.8, 4) is 11.1 Å². The summed E-state index contributed by atoms with van der Waals surface area (Å²) in [7, 11) is 2.19. The molecule has 4 rings (SSSR count). The number of aromatic nitrogens is 1. The van der Waals surface area contributed by atoms with E-state index >= 15 is 0 Å². The lowest BCUT2D eigenvalue weighted by molar-refractivity contribution is 0.254. The Morgan fingerprint density at radius 3 is 2.69 bits per heavy atom. The van der Waals surface area contributed by atoms with E-state index in [2.05, 4.69) is 35.1 Å². The molecule has 0 amide bonds. The number of nitrogens with zero attached hydrogens (tertiary/aromatic N) is 2. The van der Waals surface area contributed by atoms with E-state index in [-0.39, 0.29) is 11.4 Å². The fourth-order valence-electron chi connectivity index (χ4n) is 4.07. The fourth-order valence-corrected chi connectivity index (χ4v) is 5.36. The first-order valence-corrected chi connectivity index (χ1v) is 12.0. The molecule has 164 valence electrons. The molecule has 3 aromatic rings. The minimum Gasteiger partial charge on any atom is -0.398 e. The molecule has 1 aliphatic rings. The van der Waals surface area contributed by atoms with Crippen molar-refractivity contribution in [1.82, 2.24) is 9.88 Å². The van der Waals surface area contributed by atoms with E-state index in [9.17, 15) is 0 Å². The number of hydrogen-bond donors (Lipinski definition) is 3. The normalized spacial score (nSPS) is 15.8. The number of anilines is 1. The molecule has 1 atom stereocenters. The topological polar surface area (TPSA) is 89.9 Å². The third-order valence-electron chi connectivity index (χ3n) is 5.95. The van der Waals surface area contributed by atoms with Gasteiger partial charge in [-0.05, 0) is 54.1 Å². The molecule has 1 aliphatic heterocycles. The second-order valence-electron chi connectivity index (χ2n) is 8.33. The summed E-state index contributed by atoms with van der Waals surface area (Å²) >= 11 is 2.03. The van der Waals surface area contributed by atoms with Gasteiger partial charge in [0, 0.05) is 54.0 Å². The molecule has 32 heavy (non-hydrogen) atoms. The summed E-state index contributed by atoms with van der Waals surface area (Å²) in [6, 6.07) is 18.5. The zero-order chi connectivity index (χ0) is 22.5. The minimum absolute atomic E-state index is 0.166. The smallest absolute Gasteiger partial charge is 0.0844 e. The van der Waals surface area contributed by atoms with Crippen LogP contribution in [0.5, 0.6) is 0 Å². The van der Waals surface area contributed by atoms with Gasteiger partial charge in [-0.3, -0.25) is 15.3 Å². The van der Waals surface area contributed by atoms with Crippen molar-refractivity contribution < 1.29 is 0 Å². The van der Waals surface area contributed by atoms with Gasteiger partial charge in [0.2, 0.25) is 0 Å². The molecule has 5 nitrogen and oxygen atoms in total. The van der Waals surface area contributed by atoms with Crippen molar-refractivity contribution in [2.75, 3.05) is 24.3 Å². The number of thioether (sulfide) groups is 1. The van der Waals surface area contributed by atoms with E-state index in [0.717, 1.165) is 23.2 Å². The zero-order valence-electron chi connectivity index (χ0n) is 18.3. The van der Waals surface area contributed by atoms with Crippen LogP contribution in [0, 0.1) is 10.8 Å². The van der Waals surface area contributed by atoms with Crippen molar-refractivity contribution in [2.45, 2.75) is 25.4 Å². The molecule has 6 heteroatoms. The Labute approximate surface area is 194 Å². The molecular formula is C26H29N5S. The van der Waals surface area contributed by atoms with E-state index in [1.807, 2.05) is 42.1 Å². The summed E-state index contributed by atoms with van der Waals surface area (Å²) in [5.41, 5.74) is 11.9. The highest BCUT2D eigenvalue weighted by Crippen LogP contribution is 2.25. The van der Waals surface area contributed by atoms with Crippen LogP contribution in [0.25, 0.3) is 11.1 Å². The molecule has 1 unspecified atom stereocenters. The second-order valence-corrected chi connectivity index (χ2v) is 9.48. The lowest BCUT2D eigenvalue weighted by Crippen LogP contribution is -2.30. The van der Waals surface area contributed by atoms with E-state index in [1.54, 1.807) is 18.5 Å². The molecular weight excluding hydrogens is 414 g/mol. The number of nitrogen functional groups attached to an aromatic ring is 1. The van der Waals surface area contributed by atoms with E-state index < -0.39 is 0 Å². The van der Waals surface area contributed by atoms with Crippen molar-refractivity contribution in [3.63, 3.8) is 0 Å². The first-order chi connectivity index (χ1) is 15.5. The van der Waals surface area contributed by atoms with Gasteiger partial charge in [-0.1, -0.05) is 36.4 Å². The van der Waals surface area contributed by atoms with Crippen LogP contribution in [-0.2, 0) is 13.0 Å². The summed E-state index contributed by atoms with van der Waals surface area (Å²) in [6.45, 7) is 0.907. The highest BCUT2D eigenvalue weighted by molar-refractivity contribution is 7.99. The predicted molar refractivity (Wildman–Crippen MR) is 136 cm³/mol. The monoisotopic (exact) mass is 443 g/mol. The quantitative estimate of drug-likeness (QED) is 0.341. The number of pyridine rings is 1. The van der Waals surface area contributed by atoms with Crippen molar-refractivity contribution in [1.29, 1.82) is 10.8 Å². The molecule has 2 heterocycles. The molecule has 1 aromatic heterocycles. The highest BCUT2D eigenvalue weighted by Gasteiger charge is 2.20. The maximum Gasteiger partial charge on any atom is 0.0844 e. The number of hydrogen-bond acceptors (Lipinski definition) is 6. The first kappa shape index (κ1) is 22.2. The summed E-state index contributed by atoms with van der Waals surface area (Å²) in [5.74, 6) is 2.46. The predicted octanol–water partition coefficient (Wildman–Crippen LogP) is 4.90. The van der Waals surface area contributed by atoms with Gasteiger partial charge >= 0.3 is 0 Å². The van der Waals surface area contributed by atoms with Crippen LogP contribution in [0.1, 0.15) is 23.1 Å². The summed E-state index contributed by atoms with van der Waals surface area (Å²) in [4.78, 5) is 6.60. The Morgan fingerprint density at radius 1 is 1.09 bits per heavy atom. The Morgan fingerprint density at radius 2 is 1.94 bits per heavy atom. The lowest BCUT2D eigenvalue weighted by atomic mass is 9.95. The average Bonchev–Trinajstić information content (AvgIpc) is 3.35. The Kier molecular flexibility index (Phi) is 7.02. The summed E-state index contributed by atoms with van der Waals surface area (Å²) in [5, 5.41) is 17.2. The molecule has 0 saturated carbocycles. The molecule has 4 N–H and O–H groups in total. The fraction of sp³-hybridized carbons (Fsp3) is 0.269. The summed E-state index contributed by atoms with van der Waals surface area (Å²) in [6.07, 6.45) is 5.18. The van der Waals surface area contributed by atoms with Crippen LogP contribution in [0.3, 0.4) is 0 Å². The lowest BCUT2D eigenvalue weighted by Gasteiger charge is -2.23. The second kappa shape index (κ2) is 10.1. The molecule has 0 bridgehead atoms. The molecule has 1 saturated heterocycles. The third kappa shape index (κ3) is 5.26. The molecule has 0 spiro atoms. The minimum atomic E-state index is 0.166. The number of nitrogens with two attached hydrogens (primary N) is 1. The molecule has 1 fully saturated rings. The van der Waals surface area contributed by atoms with Crippen LogP contribution in [-0.4, -0.2) is 45.9 Å². The standard InChI is InChI=1S/C26H29N5S/c1-31(22-9-11-32-17-22)16-19-5-2-4-18(12-19)13-25(28)26(29)23-14-20(7-8-24(23)27)21-6-3-10-30-15-21/h2-8,10,12,14-15,22,28-29H,9,11,13,16-17,27H2,1H3. The van der Waals surface area contributed by atoms with E-state index in [4.69, 9.17) is 16.6 Å². The van der Waals surface area contributed by atoms with Gasteiger partial charge in [-0.2, -0.15) is 11.8 Å². The Balaban J connectivity index is 1.46. The van der Waals surface area contributed by atoms with Crippen molar-refractivity contribution in [2.24, 2.45) is 0 Å². The SMILES string of the molecule is CN(Cc1cccc(CC(=N)C(=N)c2cc(-c3cccnc3)ccc2N)c1)C1CCSC1. The first-order valence-electron chi connectivity index (χ1n) is 10.8. The van der Waals surface area contributed by atoms with E-state index in [0.29, 0.717) is 23.7 Å². The van der Waals surface area contributed by atoms with Crippen LogP contribution in [0.2, 0.25) is 0 Å². The number of rotatable bonds is 8. The maximum atomic E-state index is 8.63. The van der Waals surface area contributed by atoms with Crippen LogP contribution < -0.4 is 5.73 Å². The molecule has 0 aliphatic carbocycles. The molecule has 0 radical (unpaired) electrons. The van der Waals surface area contributed by atoms with Gasteiger partial charge in [0.05, 0.1) is 11.4 Å². The Bertz CT molecular complexity index is 1110. The van der Waals surface area contributed by atoms with Gasteiger partial charge in [0.25, 0.3) is 0 Å². The number of nitrogens with one attached hydrogen (secondary N) is 2. The van der Waals surface area contributed by atoms with Gasteiger partial charge in [-0.15, -0.1) is 0 Å². The van der Waals surface area contributed by atoms with Crippen molar-refractivity contribution in [3.05, 3.63) is 83.7 Å². The van der Waals surface area contributed by atoms with Crippen LogP contribution >= 0.6 is 11.8 Å². The largest absolute Gasteiger partial charge is 0.398 e. The highest BCUT2D eigenvalue weighted by atomic mass is 32.2. The van der Waals surface area contributed by atoms with Gasteiger partial charge < -0.3 is 11.1 Å². The molecule has 2 aromatic carbocycles. The summed E-state index contributed by atoms with van der Waals surface area (Å²) < 4.78 is 0. The van der Waals surface area contributed by atoms with Crippen LogP contribution in [0.4, 0.5) is 5.69 Å². The van der Waals surface area contributed by atoms with Crippen LogP contribution in [0.15, 0.2) is 67.0 Å². The third-order valence-corrected chi connectivity index (χ3v) is 7.10.